The number of rotatable bonds is 2. The zero-order valence-electron chi connectivity index (χ0n) is 11.6. The van der Waals surface area contributed by atoms with Gasteiger partial charge in [0.15, 0.2) is 0 Å². The quantitative estimate of drug-likeness (QED) is 0.659. The molecule has 0 spiro atoms. The number of aromatic hydroxyl groups is 1. The number of benzene rings is 2. The Kier molecular flexibility index (Phi) is 3.68. The minimum absolute atomic E-state index is 0.202. The fourth-order valence-corrected chi connectivity index (χ4v) is 2.99. The van der Waals surface area contributed by atoms with E-state index in [1.807, 2.05) is 30.3 Å². The SMILES string of the molecule is CC(C)n1c(-c2ccc(Br)cc2O)nc2cc(Cl)ccc21. The molecular formula is C16H14BrClN2O. The van der Waals surface area contributed by atoms with Crippen molar-refractivity contribution >= 4 is 38.6 Å². The molecule has 0 bridgehead atoms. The fourth-order valence-electron chi connectivity index (χ4n) is 2.48. The maximum absolute atomic E-state index is 10.2. The fraction of sp³-hybridized carbons (Fsp3) is 0.188. The number of phenols is 1. The predicted octanol–water partition coefficient (Wildman–Crippen LogP) is 5.41. The molecule has 2 aromatic carbocycles. The zero-order chi connectivity index (χ0) is 15.1. The van der Waals surface area contributed by atoms with Crippen LogP contribution in [0.5, 0.6) is 5.75 Å². The number of fused-ring (bicyclic) bond motifs is 1. The Labute approximate surface area is 136 Å². The highest BCUT2D eigenvalue weighted by Crippen LogP contribution is 2.35. The van der Waals surface area contributed by atoms with Crippen LogP contribution in [-0.4, -0.2) is 14.7 Å². The van der Waals surface area contributed by atoms with E-state index >= 15 is 0 Å². The Morgan fingerprint density at radius 2 is 1.95 bits per heavy atom. The lowest BCUT2D eigenvalue weighted by Gasteiger charge is -2.14. The molecule has 0 saturated carbocycles. The summed E-state index contributed by atoms with van der Waals surface area (Å²) in [5.41, 5.74) is 2.54. The molecule has 0 unspecified atom stereocenters. The molecule has 0 radical (unpaired) electrons. The molecule has 1 heterocycles. The summed E-state index contributed by atoms with van der Waals surface area (Å²) in [6.45, 7) is 4.18. The number of hydrogen-bond donors (Lipinski definition) is 1. The Morgan fingerprint density at radius 3 is 2.62 bits per heavy atom. The molecule has 0 saturated heterocycles. The maximum Gasteiger partial charge on any atom is 0.145 e. The highest BCUT2D eigenvalue weighted by Gasteiger charge is 2.17. The Hall–Kier alpha value is -1.52. The van der Waals surface area contributed by atoms with Crippen molar-refractivity contribution in [3.8, 4) is 17.1 Å². The minimum Gasteiger partial charge on any atom is -0.507 e. The van der Waals surface area contributed by atoms with Gasteiger partial charge in [-0.25, -0.2) is 4.98 Å². The average molecular weight is 366 g/mol. The van der Waals surface area contributed by atoms with Crippen molar-refractivity contribution in [2.45, 2.75) is 19.9 Å². The van der Waals surface area contributed by atoms with Crippen LogP contribution < -0.4 is 0 Å². The van der Waals surface area contributed by atoms with Crippen molar-refractivity contribution in [1.29, 1.82) is 0 Å². The van der Waals surface area contributed by atoms with Gasteiger partial charge in [0.05, 0.1) is 16.6 Å². The van der Waals surface area contributed by atoms with Gasteiger partial charge < -0.3 is 9.67 Å². The second kappa shape index (κ2) is 5.35. The number of imidazole rings is 1. The van der Waals surface area contributed by atoms with E-state index in [1.54, 1.807) is 6.07 Å². The molecule has 0 amide bonds. The molecular weight excluding hydrogens is 352 g/mol. The lowest BCUT2D eigenvalue weighted by Crippen LogP contribution is -2.03. The summed E-state index contributed by atoms with van der Waals surface area (Å²) in [5.74, 6) is 0.944. The Morgan fingerprint density at radius 1 is 1.19 bits per heavy atom. The zero-order valence-corrected chi connectivity index (χ0v) is 14.0. The van der Waals surface area contributed by atoms with Gasteiger partial charge in [0, 0.05) is 15.5 Å². The normalized spacial score (nSPS) is 11.5. The Balaban J connectivity index is 2.33. The summed E-state index contributed by atoms with van der Waals surface area (Å²) in [6, 6.07) is 11.3. The lowest BCUT2D eigenvalue weighted by molar-refractivity contribution is 0.475. The predicted molar refractivity (Wildman–Crippen MR) is 89.9 cm³/mol. The topological polar surface area (TPSA) is 38.0 Å². The number of phenolic OH excluding ortho intramolecular Hbond substituents is 1. The van der Waals surface area contributed by atoms with Gasteiger partial charge in [-0.15, -0.1) is 0 Å². The highest BCUT2D eigenvalue weighted by atomic mass is 79.9. The standard InChI is InChI=1S/C16H14BrClN2O/c1-9(2)20-14-6-4-11(18)8-13(14)19-16(20)12-5-3-10(17)7-15(12)21/h3-9,21H,1-2H3. The van der Waals surface area contributed by atoms with Crippen LogP contribution in [0.15, 0.2) is 40.9 Å². The largest absolute Gasteiger partial charge is 0.507 e. The first-order chi connectivity index (χ1) is 9.97. The number of aromatic nitrogens is 2. The Bertz CT molecular complexity index is 827. The van der Waals surface area contributed by atoms with Crippen molar-refractivity contribution in [3.63, 3.8) is 0 Å². The highest BCUT2D eigenvalue weighted by molar-refractivity contribution is 9.10. The van der Waals surface area contributed by atoms with E-state index in [4.69, 9.17) is 11.6 Å². The van der Waals surface area contributed by atoms with Gasteiger partial charge in [0.1, 0.15) is 11.6 Å². The van der Waals surface area contributed by atoms with Crippen LogP contribution in [0, 0.1) is 0 Å². The summed E-state index contributed by atoms with van der Waals surface area (Å²) in [5, 5.41) is 10.9. The van der Waals surface area contributed by atoms with Gasteiger partial charge in [0.2, 0.25) is 0 Å². The van der Waals surface area contributed by atoms with Gasteiger partial charge in [-0.3, -0.25) is 0 Å². The average Bonchev–Trinajstić information content (AvgIpc) is 2.76. The summed E-state index contributed by atoms with van der Waals surface area (Å²) in [4.78, 5) is 4.66. The minimum atomic E-state index is 0.202. The van der Waals surface area contributed by atoms with Crippen LogP contribution in [0.1, 0.15) is 19.9 Å². The van der Waals surface area contributed by atoms with Crippen molar-refractivity contribution < 1.29 is 5.11 Å². The third kappa shape index (κ3) is 2.54. The third-order valence-electron chi connectivity index (χ3n) is 3.37. The van der Waals surface area contributed by atoms with Crippen molar-refractivity contribution in [2.75, 3.05) is 0 Å². The van der Waals surface area contributed by atoms with Crippen LogP contribution in [0.2, 0.25) is 5.02 Å². The van der Waals surface area contributed by atoms with E-state index < -0.39 is 0 Å². The van der Waals surface area contributed by atoms with Crippen molar-refractivity contribution in [3.05, 3.63) is 45.9 Å². The van der Waals surface area contributed by atoms with Crippen LogP contribution in [0.3, 0.4) is 0 Å². The van der Waals surface area contributed by atoms with E-state index in [9.17, 15) is 5.11 Å². The van der Waals surface area contributed by atoms with Gasteiger partial charge in [-0.1, -0.05) is 27.5 Å². The van der Waals surface area contributed by atoms with Crippen LogP contribution >= 0.6 is 27.5 Å². The van der Waals surface area contributed by atoms with E-state index in [0.717, 1.165) is 21.3 Å². The molecule has 3 nitrogen and oxygen atoms in total. The molecule has 5 heteroatoms. The number of nitrogens with zero attached hydrogens (tertiary/aromatic N) is 2. The number of halogens is 2. The van der Waals surface area contributed by atoms with Crippen LogP contribution in [0.4, 0.5) is 0 Å². The van der Waals surface area contributed by atoms with Gasteiger partial charge in [-0.05, 0) is 50.2 Å². The molecule has 0 aliphatic rings. The van der Waals surface area contributed by atoms with Gasteiger partial charge in [-0.2, -0.15) is 0 Å². The van der Waals surface area contributed by atoms with Crippen LogP contribution in [0.25, 0.3) is 22.4 Å². The first kappa shape index (κ1) is 14.4. The molecule has 108 valence electrons. The van der Waals surface area contributed by atoms with E-state index in [2.05, 4.69) is 39.3 Å². The molecule has 0 aliphatic heterocycles. The first-order valence-electron chi connectivity index (χ1n) is 6.63. The maximum atomic E-state index is 10.2. The summed E-state index contributed by atoms with van der Waals surface area (Å²) in [7, 11) is 0. The summed E-state index contributed by atoms with van der Waals surface area (Å²) < 4.78 is 2.94. The first-order valence-corrected chi connectivity index (χ1v) is 7.81. The molecule has 3 aromatic rings. The molecule has 21 heavy (non-hydrogen) atoms. The second-order valence-corrected chi connectivity index (χ2v) is 6.55. The number of hydrogen-bond acceptors (Lipinski definition) is 2. The molecule has 0 fully saturated rings. The van der Waals surface area contributed by atoms with E-state index in [-0.39, 0.29) is 11.8 Å². The molecule has 1 N–H and O–H groups in total. The molecule has 1 aromatic heterocycles. The van der Waals surface area contributed by atoms with Crippen molar-refractivity contribution in [1.82, 2.24) is 9.55 Å². The monoisotopic (exact) mass is 364 g/mol. The lowest BCUT2D eigenvalue weighted by atomic mass is 10.2. The molecule has 0 atom stereocenters. The van der Waals surface area contributed by atoms with Crippen LogP contribution in [-0.2, 0) is 0 Å². The molecule has 0 aliphatic carbocycles. The second-order valence-electron chi connectivity index (χ2n) is 5.19. The summed E-state index contributed by atoms with van der Waals surface area (Å²) >= 11 is 9.41. The summed E-state index contributed by atoms with van der Waals surface area (Å²) in [6.07, 6.45) is 0. The molecule has 3 rings (SSSR count). The van der Waals surface area contributed by atoms with Gasteiger partial charge >= 0.3 is 0 Å². The van der Waals surface area contributed by atoms with E-state index in [1.165, 1.54) is 0 Å². The van der Waals surface area contributed by atoms with Crippen molar-refractivity contribution in [2.24, 2.45) is 0 Å². The van der Waals surface area contributed by atoms with E-state index in [0.29, 0.717) is 10.6 Å². The van der Waals surface area contributed by atoms with Gasteiger partial charge in [0.25, 0.3) is 0 Å². The smallest absolute Gasteiger partial charge is 0.145 e. The third-order valence-corrected chi connectivity index (χ3v) is 4.10.